The maximum atomic E-state index is 8.51. The summed E-state index contributed by atoms with van der Waals surface area (Å²) >= 11 is 5.68. The second-order valence-electron chi connectivity index (χ2n) is 2.61. The van der Waals surface area contributed by atoms with Gasteiger partial charge in [0.05, 0.1) is 12.5 Å². The summed E-state index contributed by atoms with van der Waals surface area (Å²) in [6.07, 6.45) is 0.346. The molecular weight excluding hydrogens is 343 g/mol. The fourth-order valence-corrected chi connectivity index (χ4v) is 2.09. The highest BCUT2D eigenvalue weighted by molar-refractivity contribution is 14.1. The van der Waals surface area contributed by atoms with Crippen LogP contribution in [0.5, 0.6) is 0 Å². The van der Waals surface area contributed by atoms with Gasteiger partial charge in [-0.15, -0.1) is 0 Å². The average molecular weight is 351 g/mol. The topological polar surface area (TPSA) is 49.8 Å². The lowest BCUT2D eigenvalue weighted by Gasteiger charge is -2.10. The van der Waals surface area contributed by atoms with Crippen LogP contribution in [0.2, 0.25) is 0 Å². The lowest BCUT2D eigenvalue weighted by atomic mass is 10.1. The van der Waals surface area contributed by atoms with E-state index in [1.54, 1.807) is 0 Å². The van der Waals surface area contributed by atoms with Crippen LogP contribution in [0.3, 0.4) is 0 Å². The molecule has 0 fully saturated rings. The molecule has 0 heterocycles. The van der Waals surface area contributed by atoms with Gasteiger partial charge in [-0.25, -0.2) is 0 Å². The third-order valence-corrected chi connectivity index (χ3v) is 4.22. The zero-order valence-corrected chi connectivity index (χ0v) is 10.5. The van der Waals surface area contributed by atoms with Crippen LogP contribution in [0.4, 0.5) is 0 Å². The van der Waals surface area contributed by atoms with Crippen molar-refractivity contribution >= 4 is 38.5 Å². The Bertz CT molecular complexity index is 346. The van der Waals surface area contributed by atoms with E-state index in [9.17, 15) is 0 Å². The van der Waals surface area contributed by atoms with Gasteiger partial charge in [-0.1, -0.05) is 12.1 Å². The summed E-state index contributed by atoms with van der Waals surface area (Å²) in [6.45, 7) is 0. The minimum atomic E-state index is -0.200. The lowest BCUT2D eigenvalue weighted by Crippen LogP contribution is -2.10. The van der Waals surface area contributed by atoms with E-state index >= 15 is 0 Å². The molecule has 0 spiro atoms. The molecular formula is C9H8BrIN2. The van der Waals surface area contributed by atoms with E-state index in [4.69, 9.17) is 11.0 Å². The Labute approximate surface area is 99.4 Å². The minimum Gasteiger partial charge on any atom is -0.323 e. The molecule has 0 amide bonds. The maximum Gasteiger partial charge on any atom is 0.0641 e. The molecule has 13 heavy (non-hydrogen) atoms. The Kier molecular flexibility index (Phi) is 4.16. The number of hydrogen-bond donors (Lipinski definition) is 1. The molecule has 1 aromatic carbocycles. The molecule has 4 heteroatoms. The van der Waals surface area contributed by atoms with E-state index in [0.29, 0.717) is 6.42 Å². The van der Waals surface area contributed by atoms with E-state index in [1.165, 1.54) is 0 Å². The van der Waals surface area contributed by atoms with Crippen molar-refractivity contribution in [1.82, 2.24) is 0 Å². The van der Waals surface area contributed by atoms with Crippen molar-refractivity contribution in [3.8, 4) is 6.07 Å². The molecule has 0 bridgehead atoms. The molecule has 0 aromatic heterocycles. The normalized spacial score (nSPS) is 12.2. The van der Waals surface area contributed by atoms with Crippen LogP contribution in [0.1, 0.15) is 18.0 Å². The van der Waals surface area contributed by atoms with Crippen molar-refractivity contribution in [3.63, 3.8) is 0 Å². The predicted molar refractivity (Wildman–Crippen MR) is 64.0 cm³/mol. The molecule has 2 N–H and O–H groups in total. The Hall–Kier alpha value is -0.120. The van der Waals surface area contributed by atoms with Crippen molar-refractivity contribution in [2.75, 3.05) is 0 Å². The number of nitriles is 1. The second kappa shape index (κ2) is 4.94. The van der Waals surface area contributed by atoms with Gasteiger partial charge in [0.25, 0.3) is 0 Å². The molecule has 0 aliphatic rings. The van der Waals surface area contributed by atoms with Gasteiger partial charge in [0, 0.05) is 14.1 Å². The Balaban J connectivity index is 3.02. The lowest BCUT2D eigenvalue weighted by molar-refractivity contribution is 0.744. The van der Waals surface area contributed by atoms with Crippen molar-refractivity contribution < 1.29 is 0 Å². The third-order valence-electron chi connectivity index (χ3n) is 1.69. The molecule has 0 aliphatic carbocycles. The summed E-state index contributed by atoms with van der Waals surface area (Å²) in [7, 11) is 0. The third kappa shape index (κ3) is 2.66. The second-order valence-corrected chi connectivity index (χ2v) is 4.57. The first-order valence-corrected chi connectivity index (χ1v) is 5.60. The van der Waals surface area contributed by atoms with Crippen LogP contribution in [-0.2, 0) is 0 Å². The molecule has 0 aliphatic heterocycles. The van der Waals surface area contributed by atoms with Gasteiger partial charge < -0.3 is 5.73 Å². The molecule has 0 saturated carbocycles. The van der Waals surface area contributed by atoms with Crippen LogP contribution in [0.15, 0.2) is 22.7 Å². The number of benzene rings is 1. The maximum absolute atomic E-state index is 8.51. The summed E-state index contributed by atoms with van der Waals surface area (Å²) in [6, 6.07) is 7.74. The van der Waals surface area contributed by atoms with E-state index in [0.717, 1.165) is 13.6 Å². The largest absolute Gasteiger partial charge is 0.323 e. The first-order valence-electron chi connectivity index (χ1n) is 3.73. The van der Waals surface area contributed by atoms with Crippen LogP contribution in [-0.4, -0.2) is 0 Å². The molecule has 0 radical (unpaired) electrons. The summed E-state index contributed by atoms with van der Waals surface area (Å²) in [5.41, 5.74) is 6.81. The van der Waals surface area contributed by atoms with E-state index in [-0.39, 0.29) is 6.04 Å². The standard InChI is InChI=1S/C9H8BrIN2/c10-9-6(8(13)4-5-12)2-1-3-7(9)11/h1-3,8H,4,13H2/t8-/m0/s1. The van der Waals surface area contributed by atoms with Crippen LogP contribution >= 0.6 is 38.5 Å². The number of nitrogens with zero attached hydrogens (tertiary/aromatic N) is 1. The SMILES string of the molecule is N#CC[C@H](N)c1cccc(I)c1Br. The van der Waals surface area contributed by atoms with Crippen LogP contribution < -0.4 is 5.73 Å². The molecule has 1 rings (SSSR count). The monoisotopic (exact) mass is 350 g/mol. The summed E-state index contributed by atoms with van der Waals surface area (Å²) in [5.74, 6) is 0. The number of halogens is 2. The van der Waals surface area contributed by atoms with Gasteiger partial charge in [0.2, 0.25) is 0 Å². The summed E-state index contributed by atoms with van der Waals surface area (Å²) < 4.78 is 2.11. The van der Waals surface area contributed by atoms with Crippen molar-refractivity contribution in [3.05, 3.63) is 31.8 Å². The zero-order valence-electron chi connectivity index (χ0n) is 6.80. The van der Waals surface area contributed by atoms with Gasteiger partial charge >= 0.3 is 0 Å². The fourth-order valence-electron chi connectivity index (χ4n) is 1.02. The van der Waals surface area contributed by atoms with Crippen molar-refractivity contribution in [1.29, 1.82) is 5.26 Å². The predicted octanol–water partition coefficient (Wildman–Crippen LogP) is 2.97. The highest BCUT2D eigenvalue weighted by atomic mass is 127. The molecule has 1 aromatic rings. The molecule has 68 valence electrons. The van der Waals surface area contributed by atoms with E-state index in [2.05, 4.69) is 44.6 Å². The number of rotatable bonds is 2. The average Bonchev–Trinajstić information content (AvgIpc) is 2.10. The first kappa shape index (κ1) is 11.0. The summed E-state index contributed by atoms with van der Waals surface area (Å²) in [5, 5.41) is 8.51. The van der Waals surface area contributed by atoms with E-state index < -0.39 is 0 Å². The molecule has 0 unspecified atom stereocenters. The van der Waals surface area contributed by atoms with Crippen LogP contribution in [0.25, 0.3) is 0 Å². The van der Waals surface area contributed by atoms with E-state index in [1.807, 2.05) is 18.2 Å². The number of hydrogen-bond acceptors (Lipinski definition) is 2. The quantitative estimate of drug-likeness (QED) is 0.833. The molecule has 2 nitrogen and oxygen atoms in total. The van der Waals surface area contributed by atoms with Gasteiger partial charge in [-0.3, -0.25) is 0 Å². The Morgan fingerprint density at radius 3 is 2.92 bits per heavy atom. The Morgan fingerprint density at radius 2 is 2.31 bits per heavy atom. The molecule has 0 saturated heterocycles. The van der Waals surface area contributed by atoms with Crippen molar-refractivity contribution in [2.45, 2.75) is 12.5 Å². The number of nitrogens with two attached hydrogens (primary N) is 1. The van der Waals surface area contributed by atoms with Crippen LogP contribution in [0, 0.1) is 14.9 Å². The minimum absolute atomic E-state index is 0.200. The summed E-state index contributed by atoms with van der Waals surface area (Å²) in [4.78, 5) is 0. The molecule has 1 atom stereocenters. The van der Waals surface area contributed by atoms with Crippen molar-refractivity contribution in [2.24, 2.45) is 5.73 Å². The zero-order chi connectivity index (χ0) is 9.84. The van der Waals surface area contributed by atoms with Gasteiger partial charge in [0.1, 0.15) is 0 Å². The van der Waals surface area contributed by atoms with Gasteiger partial charge in [-0.05, 0) is 50.2 Å². The van der Waals surface area contributed by atoms with Gasteiger partial charge in [0.15, 0.2) is 0 Å². The first-order chi connectivity index (χ1) is 6.16. The highest BCUT2D eigenvalue weighted by Crippen LogP contribution is 2.28. The highest BCUT2D eigenvalue weighted by Gasteiger charge is 2.10. The fraction of sp³-hybridized carbons (Fsp3) is 0.222. The van der Waals surface area contributed by atoms with Gasteiger partial charge in [-0.2, -0.15) is 5.26 Å². The Morgan fingerprint density at radius 1 is 1.62 bits per heavy atom. The smallest absolute Gasteiger partial charge is 0.0641 e.